The number of benzene rings is 2. The third-order valence-electron chi connectivity index (χ3n) is 4.63. The van der Waals surface area contributed by atoms with Crippen molar-refractivity contribution in [1.82, 2.24) is 10.6 Å². The zero-order valence-corrected chi connectivity index (χ0v) is 14.1. The maximum absolute atomic E-state index is 12.0. The molecular formula is C21H26N2O. The molecule has 126 valence electrons. The van der Waals surface area contributed by atoms with E-state index in [2.05, 4.69) is 59.2 Å². The lowest BCUT2D eigenvalue weighted by atomic mass is 9.96. The highest BCUT2D eigenvalue weighted by Gasteiger charge is 2.16. The van der Waals surface area contributed by atoms with Crippen LogP contribution in [0.2, 0.25) is 0 Å². The molecule has 0 spiro atoms. The molecule has 1 saturated heterocycles. The van der Waals surface area contributed by atoms with Crippen molar-refractivity contribution in [1.29, 1.82) is 0 Å². The molecule has 1 fully saturated rings. The molecule has 24 heavy (non-hydrogen) atoms. The Hall–Kier alpha value is -2.13. The predicted molar refractivity (Wildman–Crippen MR) is 98.9 cm³/mol. The van der Waals surface area contributed by atoms with Gasteiger partial charge in [-0.15, -0.1) is 0 Å². The van der Waals surface area contributed by atoms with E-state index in [0.29, 0.717) is 12.5 Å². The fourth-order valence-electron chi connectivity index (χ4n) is 3.32. The second-order valence-corrected chi connectivity index (χ2v) is 6.49. The molecule has 1 heterocycles. The number of carbonyl (C=O) groups is 1. The standard InChI is InChI=1S/C21H26N2O/c24-21(23-19-14-15-22-16-19)13-7-5-11-18-10-4-6-12-20(18)17-8-2-1-3-9-17/h1-4,6,8-10,12,19,22H,5,7,11,13-16H2,(H,23,24). The van der Waals surface area contributed by atoms with Crippen LogP contribution in [0.3, 0.4) is 0 Å². The molecule has 2 N–H and O–H groups in total. The molecule has 0 saturated carbocycles. The molecule has 1 amide bonds. The summed E-state index contributed by atoms with van der Waals surface area (Å²) in [6.45, 7) is 1.93. The van der Waals surface area contributed by atoms with Crippen molar-refractivity contribution in [2.75, 3.05) is 13.1 Å². The monoisotopic (exact) mass is 322 g/mol. The Morgan fingerprint density at radius 2 is 1.83 bits per heavy atom. The van der Waals surface area contributed by atoms with Gasteiger partial charge in [-0.3, -0.25) is 4.79 Å². The van der Waals surface area contributed by atoms with Crippen LogP contribution in [0.4, 0.5) is 0 Å². The minimum Gasteiger partial charge on any atom is -0.352 e. The molecule has 3 rings (SSSR count). The minimum absolute atomic E-state index is 0.194. The predicted octanol–water partition coefficient (Wildman–Crippen LogP) is 3.54. The number of carbonyl (C=O) groups excluding carboxylic acids is 1. The van der Waals surface area contributed by atoms with Crippen LogP contribution in [0.15, 0.2) is 54.6 Å². The van der Waals surface area contributed by atoms with Gasteiger partial charge >= 0.3 is 0 Å². The zero-order chi connectivity index (χ0) is 16.6. The van der Waals surface area contributed by atoms with Crippen molar-refractivity contribution < 1.29 is 4.79 Å². The first-order valence-corrected chi connectivity index (χ1v) is 8.96. The molecule has 3 nitrogen and oxygen atoms in total. The average molecular weight is 322 g/mol. The van der Waals surface area contributed by atoms with Crippen LogP contribution >= 0.6 is 0 Å². The van der Waals surface area contributed by atoms with Gasteiger partial charge in [-0.05, 0) is 48.9 Å². The molecule has 1 aliphatic heterocycles. The summed E-state index contributed by atoms with van der Waals surface area (Å²) in [6, 6.07) is 19.4. The lowest BCUT2D eigenvalue weighted by molar-refractivity contribution is -0.121. The van der Waals surface area contributed by atoms with Gasteiger partial charge in [0.1, 0.15) is 0 Å². The maximum Gasteiger partial charge on any atom is 0.220 e. The topological polar surface area (TPSA) is 41.1 Å². The Morgan fingerprint density at radius 1 is 1.04 bits per heavy atom. The van der Waals surface area contributed by atoms with Gasteiger partial charge in [0, 0.05) is 19.0 Å². The second-order valence-electron chi connectivity index (χ2n) is 6.49. The average Bonchev–Trinajstić information content (AvgIpc) is 3.13. The van der Waals surface area contributed by atoms with Gasteiger partial charge in [-0.1, -0.05) is 54.6 Å². The molecule has 3 heteroatoms. The van der Waals surface area contributed by atoms with Gasteiger partial charge < -0.3 is 10.6 Å². The van der Waals surface area contributed by atoms with Crippen LogP contribution in [-0.2, 0) is 11.2 Å². The SMILES string of the molecule is O=C(CCCCc1ccccc1-c1ccccc1)NC1CCNC1. The number of rotatable bonds is 7. The van der Waals surface area contributed by atoms with Crippen LogP contribution in [0.1, 0.15) is 31.2 Å². The summed E-state index contributed by atoms with van der Waals surface area (Å²) < 4.78 is 0. The van der Waals surface area contributed by atoms with E-state index in [0.717, 1.165) is 38.8 Å². The Kier molecular flexibility index (Phi) is 6.02. The van der Waals surface area contributed by atoms with E-state index in [1.807, 2.05) is 6.07 Å². The fourth-order valence-corrected chi connectivity index (χ4v) is 3.32. The summed E-state index contributed by atoms with van der Waals surface area (Å²) >= 11 is 0. The van der Waals surface area contributed by atoms with Crippen molar-refractivity contribution in [3.05, 3.63) is 60.2 Å². The van der Waals surface area contributed by atoms with E-state index < -0.39 is 0 Å². The van der Waals surface area contributed by atoms with Crippen molar-refractivity contribution in [2.45, 2.75) is 38.1 Å². The van der Waals surface area contributed by atoms with E-state index >= 15 is 0 Å². The molecule has 0 aromatic heterocycles. The van der Waals surface area contributed by atoms with Crippen LogP contribution in [-0.4, -0.2) is 25.0 Å². The first-order chi connectivity index (χ1) is 11.8. The molecule has 1 aliphatic rings. The van der Waals surface area contributed by atoms with Crippen LogP contribution in [0.25, 0.3) is 11.1 Å². The highest BCUT2D eigenvalue weighted by Crippen LogP contribution is 2.24. The molecule has 0 radical (unpaired) electrons. The first-order valence-electron chi connectivity index (χ1n) is 8.96. The molecule has 0 bridgehead atoms. The van der Waals surface area contributed by atoms with E-state index in [9.17, 15) is 4.79 Å². The van der Waals surface area contributed by atoms with Gasteiger partial charge in [0.25, 0.3) is 0 Å². The molecule has 2 aromatic carbocycles. The number of hydrogen-bond acceptors (Lipinski definition) is 2. The zero-order valence-electron chi connectivity index (χ0n) is 14.1. The fraction of sp³-hybridized carbons (Fsp3) is 0.381. The third-order valence-corrected chi connectivity index (χ3v) is 4.63. The van der Waals surface area contributed by atoms with Crippen molar-refractivity contribution in [2.24, 2.45) is 0 Å². The van der Waals surface area contributed by atoms with Crippen LogP contribution in [0, 0.1) is 0 Å². The summed E-state index contributed by atoms with van der Waals surface area (Å²) in [5, 5.41) is 6.39. The molecule has 0 aliphatic carbocycles. The number of unbranched alkanes of at least 4 members (excludes halogenated alkanes) is 1. The van der Waals surface area contributed by atoms with Gasteiger partial charge in [-0.2, -0.15) is 0 Å². The largest absolute Gasteiger partial charge is 0.352 e. The summed E-state index contributed by atoms with van der Waals surface area (Å²) in [7, 11) is 0. The van der Waals surface area contributed by atoms with Gasteiger partial charge in [0.2, 0.25) is 5.91 Å². The summed E-state index contributed by atoms with van der Waals surface area (Å²) in [6.07, 6.45) is 4.68. The molecular weight excluding hydrogens is 296 g/mol. The summed E-state index contributed by atoms with van der Waals surface area (Å²) in [5.74, 6) is 0.194. The van der Waals surface area contributed by atoms with E-state index in [1.54, 1.807) is 0 Å². The Labute approximate surface area is 144 Å². The number of aryl methyl sites for hydroxylation is 1. The number of hydrogen-bond donors (Lipinski definition) is 2. The van der Waals surface area contributed by atoms with E-state index in [1.165, 1.54) is 16.7 Å². The highest BCUT2D eigenvalue weighted by atomic mass is 16.1. The third kappa shape index (κ3) is 4.68. The molecule has 1 unspecified atom stereocenters. The highest BCUT2D eigenvalue weighted by molar-refractivity contribution is 5.76. The first kappa shape index (κ1) is 16.7. The number of amides is 1. The minimum atomic E-state index is 0.194. The molecule has 1 atom stereocenters. The summed E-state index contributed by atoms with van der Waals surface area (Å²) in [4.78, 5) is 12.0. The van der Waals surface area contributed by atoms with Gasteiger partial charge in [0.15, 0.2) is 0 Å². The Morgan fingerprint density at radius 3 is 2.62 bits per heavy atom. The second kappa shape index (κ2) is 8.65. The van der Waals surface area contributed by atoms with Crippen molar-refractivity contribution >= 4 is 5.91 Å². The van der Waals surface area contributed by atoms with Crippen molar-refractivity contribution in [3.8, 4) is 11.1 Å². The van der Waals surface area contributed by atoms with Gasteiger partial charge in [-0.25, -0.2) is 0 Å². The number of nitrogens with one attached hydrogen (secondary N) is 2. The lowest BCUT2D eigenvalue weighted by Crippen LogP contribution is -2.36. The maximum atomic E-state index is 12.0. The van der Waals surface area contributed by atoms with Crippen LogP contribution < -0.4 is 10.6 Å². The quantitative estimate of drug-likeness (QED) is 0.766. The normalized spacial score (nSPS) is 16.9. The van der Waals surface area contributed by atoms with E-state index in [4.69, 9.17) is 0 Å². The van der Waals surface area contributed by atoms with Gasteiger partial charge in [0.05, 0.1) is 0 Å². The lowest BCUT2D eigenvalue weighted by Gasteiger charge is -2.12. The van der Waals surface area contributed by atoms with E-state index in [-0.39, 0.29) is 5.91 Å². The Bertz CT molecular complexity index is 648. The Balaban J connectivity index is 1.48. The van der Waals surface area contributed by atoms with Crippen LogP contribution in [0.5, 0.6) is 0 Å². The summed E-state index contributed by atoms with van der Waals surface area (Å²) in [5.41, 5.74) is 3.93. The molecule has 2 aromatic rings. The van der Waals surface area contributed by atoms with Crippen molar-refractivity contribution in [3.63, 3.8) is 0 Å². The smallest absolute Gasteiger partial charge is 0.220 e.